The largest absolute Gasteiger partial charge is 0.457 e. The molecule has 0 fully saturated rings. The fraction of sp³-hybridized carbons (Fsp3) is 0. The van der Waals surface area contributed by atoms with Crippen LogP contribution in [0.2, 0.25) is 0 Å². The Morgan fingerprint density at radius 2 is 0.571 bits per heavy atom. The van der Waals surface area contributed by atoms with Gasteiger partial charge in [0.15, 0.2) is 11.6 Å². The zero-order valence-electron chi connectivity index (χ0n) is 22.6. The van der Waals surface area contributed by atoms with Gasteiger partial charge in [0.25, 0.3) is 0 Å². The van der Waals surface area contributed by atoms with Gasteiger partial charge in [-0.25, -0.2) is 0 Å². The SMILES string of the molecule is O=C(c1ccc(Oc2ccccc2)cc1)c1ccc(-c2ccc(C(=O)c3ccc(Oc4ccccc4)cc3)cc2)cc1. The Morgan fingerprint density at radius 3 is 0.881 bits per heavy atom. The van der Waals surface area contributed by atoms with Crippen LogP contribution in [-0.4, -0.2) is 11.6 Å². The highest BCUT2D eigenvalue weighted by Crippen LogP contribution is 2.26. The molecule has 0 saturated heterocycles. The Bertz CT molecular complexity index is 1650. The first kappa shape index (κ1) is 26.5. The van der Waals surface area contributed by atoms with E-state index in [9.17, 15) is 9.59 Å². The Balaban J connectivity index is 1.09. The first-order valence-corrected chi connectivity index (χ1v) is 13.6. The maximum absolute atomic E-state index is 13.0. The summed E-state index contributed by atoms with van der Waals surface area (Å²) >= 11 is 0. The van der Waals surface area contributed by atoms with E-state index >= 15 is 0 Å². The molecular weight excluding hydrogens is 520 g/mol. The van der Waals surface area contributed by atoms with Gasteiger partial charge in [0, 0.05) is 22.3 Å². The molecule has 0 atom stereocenters. The van der Waals surface area contributed by atoms with Crippen molar-refractivity contribution in [3.05, 3.63) is 180 Å². The lowest BCUT2D eigenvalue weighted by atomic mass is 9.97. The van der Waals surface area contributed by atoms with Crippen molar-refractivity contribution in [2.45, 2.75) is 0 Å². The van der Waals surface area contributed by atoms with Crippen LogP contribution in [0, 0.1) is 0 Å². The van der Waals surface area contributed by atoms with Crippen molar-refractivity contribution >= 4 is 11.6 Å². The molecule has 0 heterocycles. The summed E-state index contributed by atoms with van der Waals surface area (Å²) in [6, 6.07) is 48.3. The van der Waals surface area contributed by atoms with Crippen LogP contribution < -0.4 is 9.47 Å². The van der Waals surface area contributed by atoms with Crippen LogP contribution >= 0.6 is 0 Å². The molecule has 4 nitrogen and oxygen atoms in total. The summed E-state index contributed by atoms with van der Waals surface area (Å²) in [4.78, 5) is 26.1. The van der Waals surface area contributed by atoms with Crippen molar-refractivity contribution in [2.75, 3.05) is 0 Å². The third kappa shape index (κ3) is 6.19. The average molecular weight is 547 g/mol. The number of carbonyl (C=O) groups is 2. The standard InChI is InChI=1S/C38H26O4/c39-37(31-19-23-35(24-20-31)41-33-7-3-1-4-8-33)29-15-11-27(12-16-29)28-13-17-30(18-14-28)38(40)32-21-25-36(26-22-32)42-34-9-5-2-6-10-34/h1-26H. The first-order chi connectivity index (χ1) is 20.6. The van der Waals surface area contributed by atoms with Gasteiger partial charge in [0.2, 0.25) is 0 Å². The first-order valence-electron chi connectivity index (χ1n) is 13.6. The molecule has 202 valence electrons. The van der Waals surface area contributed by atoms with E-state index in [0.717, 1.165) is 22.6 Å². The van der Waals surface area contributed by atoms with E-state index in [1.807, 2.05) is 109 Å². The highest BCUT2D eigenvalue weighted by molar-refractivity contribution is 6.10. The highest BCUT2D eigenvalue weighted by atomic mass is 16.5. The van der Waals surface area contributed by atoms with E-state index in [0.29, 0.717) is 33.8 Å². The summed E-state index contributed by atoms with van der Waals surface area (Å²) in [5.41, 5.74) is 4.29. The Morgan fingerprint density at radius 1 is 0.310 bits per heavy atom. The van der Waals surface area contributed by atoms with Gasteiger partial charge < -0.3 is 9.47 Å². The number of hydrogen-bond acceptors (Lipinski definition) is 4. The van der Waals surface area contributed by atoms with Crippen LogP contribution in [0.15, 0.2) is 158 Å². The number of ketones is 2. The second-order valence-corrected chi connectivity index (χ2v) is 9.69. The van der Waals surface area contributed by atoms with E-state index in [1.165, 1.54) is 0 Å². The van der Waals surface area contributed by atoms with Crippen molar-refractivity contribution in [1.29, 1.82) is 0 Å². The quantitative estimate of drug-likeness (QED) is 0.170. The highest BCUT2D eigenvalue weighted by Gasteiger charge is 2.12. The number of carbonyl (C=O) groups excluding carboxylic acids is 2. The number of ether oxygens (including phenoxy) is 2. The van der Waals surface area contributed by atoms with Crippen LogP contribution in [0.4, 0.5) is 0 Å². The van der Waals surface area contributed by atoms with Gasteiger partial charge in [-0.05, 0) is 83.9 Å². The molecule has 6 aromatic rings. The molecule has 6 rings (SSSR count). The van der Waals surface area contributed by atoms with Gasteiger partial charge in [-0.15, -0.1) is 0 Å². The lowest BCUT2D eigenvalue weighted by molar-refractivity contribution is 0.103. The van der Waals surface area contributed by atoms with Gasteiger partial charge in [0.05, 0.1) is 0 Å². The van der Waals surface area contributed by atoms with Crippen LogP contribution in [0.25, 0.3) is 11.1 Å². The lowest BCUT2D eigenvalue weighted by Gasteiger charge is -2.08. The number of hydrogen-bond donors (Lipinski definition) is 0. The average Bonchev–Trinajstić information content (AvgIpc) is 3.06. The van der Waals surface area contributed by atoms with Crippen LogP contribution in [-0.2, 0) is 0 Å². The number of rotatable bonds is 9. The molecule has 42 heavy (non-hydrogen) atoms. The van der Waals surface area contributed by atoms with Gasteiger partial charge in [0.1, 0.15) is 23.0 Å². The van der Waals surface area contributed by atoms with Gasteiger partial charge in [-0.2, -0.15) is 0 Å². The molecular formula is C38H26O4. The second-order valence-electron chi connectivity index (χ2n) is 9.69. The van der Waals surface area contributed by atoms with E-state index in [1.54, 1.807) is 48.5 Å². The monoisotopic (exact) mass is 546 g/mol. The summed E-state index contributed by atoms with van der Waals surface area (Å²) in [6.45, 7) is 0. The van der Waals surface area contributed by atoms with Crippen LogP contribution in [0.3, 0.4) is 0 Å². The summed E-state index contributed by atoms with van der Waals surface area (Å²) in [5, 5.41) is 0. The Kier molecular flexibility index (Phi) is 7.69. The zero-order chi connectivity index (χ0) is 28.7. The molecule has 4 heteroatoms. The number of benzene rings is 6. The zero-order valence-corrected chi connectivity index (χ0v) is 22.6. The number of para-hydroxylation sites is 2. The van der Waals surface area contributed by atoms with Crippen molar-refractivity contribution in [2.24, 2.45) is 0 Å². The van der Waals surface area contributed by atoms with E-state index in [4.69, 9.17) is 9.47 Å². The Labute approximate surface area is 244 Å². The summed E-state index contributed by atoms with van der Waals surface area (Å²) < 4.78 is 11.6. The normalized spacial score (nSPS) is 10.6. The maximum atomic E-state index is 13.0. The minimum absolute atomic E-state index is 0.0612. The summed E-state index contributed by atoms with van der Waals surface area (Å²) in [7, 11) is 0. The summed E-state index contributed by atoms with van der Waals surface area (Å²) in [5.74, 6) is 2.71. The van der Waals surface area contributed by atoms with Crippen LogP contribution in [0.5, 0.6) is 23.0 Å². The minimum atomic E-state index is -0.0612. The third-order valence-electron chi connectivity index (χ3n) is 6.82. The van der Waals surface area contributed by atoms with E-state index in [2.05, 4.69) is 0 Å². The molecule has 0 radical (unpaired) electrons. The molecule has 0 aliphatic heterocycles. The molecule has 0 amide bonds. The topological polar surface area (TPSA) is 52.6 Å². The van der Waals surface area contributed by atoms with Gasteiger partial charge >= 0.3 is 0 Å². The Hall–Kier alpha value is -5.74. The molecule has 0 unspecified atom stereocenters. The lowest BCUT2D eigenvalue weighted by Crippen LogP contribution is -2.01. The predicted octanol–water partition coefficient (Wildman–Crippen LogP) is 9.40. The van der Waals surface area contributed by atoms with Gasteiger partial charge in [-0.3, -0.25) is 9.59 Å². The molecule has 0 saturated carbocycles. The van der Waals surface area contributed by atoms with Crippen molar-refractivity contribution in [1.82, 2.24) is 0 Å². The minimum Gasteiger partial charge on any atom is -0.457 e. The molecule has 0 bridgehead atoms. The third-order valence-corrected chi connectivity index (χ3v) is 6.82. The molecule has 0 spiro atoms. The maximum Gasteiger partial charge on any atom is 0.193 e. The fourth-order valence-electron chi connectivity index (χ4n) is 4.56. The fourth-order valence-corrected chi connectivity index (χ4v) is 4.56. The predicted molar refractivity (Wildman–Crippen MR) is 165 cm³/mol. The molecule has 0 N–H and O–H groups in total. The van der Waals surface area contributed by atoms with Crippen LogP contribution in [0.1, 0.15) is 31.8 Å². The smallest absolute Gasteiger partial charge is 0.193 e. The molecule has 0 aromatic heterocycles. The van der Waals surface area contributed by atoms with Crippen molar-refractivity contribution in [3.63, 3.8) is 0 Å². The molecule has 0 aliphatic carbocycles. The summed E-state index contributed by atoms with van der Waals surface area (Å²) in [6.07, 6.45) is 0. The van der Waals surface area contributed by atoms with Crippen molar-refractivity contribution in [3.8, 4) is 34.1 Å². The van der Waals surface area contributed by atoms with E-state index in [-0.39, 0.29) is 11.6 Å². The molecule has 6 aromatic carbocycles. The van der Waals surface area contributed by atoms with E-state index < -0.39 is 0 Å². The van der Waals surface area contributed by atoms with Crippen molar-refractivity contribution < 1.29 is 19.1 Å². The second kappa shape index (κ2) is 12.2. The molecule has 0 aliphatic rings. The van der Waals surface area contributed by atoms with Gasteiger partial charge in [-0.1, -0.05) is 84.9 Å².